The largest absolute Gasteiger partial charge is 0.480 e. The molecule has 0 aliphatic carbocycles. The summed E-state index contributed by atoms with van der Waals surface area (Å²) in [6.07, 6.45) is 0.984. The Kier molecular flexibility index (Phi) is 5.74. The van der Waals surface area contributed by atoms with E-state index in [1.807, 2.05) is 6.92 Å². The third-order valence-electron chi connectivity index (χ3n) is 2.94. The summed E-state index contributed by atoms with van der Waals surface area (Å²) in [5, 5.41) is 14.3. The van der Waals surface area contributed by atoms with Crippen molar-refractivity contribution in [3.63, 3.8) is 0 Å². The maximum Gasteiger partial charge on any atom is 0.326 e. The Labute approximate surface area is 112 Å². The number of carbonyl (C=O) groups excluding carboxylic acids is 1. The van der Waals surface area contributed by atoms with Crippen LogP contribution in [0.4, 0.5) is 0 Å². The second-order valence-electron chi connectivity index (χ2n) is 4.72. The first-order chi connectivity index (χ1) is 8.84. The van der Waals surface area contributed by atoms with Gasteiger partial charge < -0.3 is 15.7 Å². The van der Waals surface area contributed by atoms with Gasteiger partial charge in [-0.3, -0.25) is 4.79 Å². The minimum atomic E-state index is -3.09. The van der Waals surface area contributed by atoms with Crippen LogP contribution < -0.4 is 10.6 Å². The molecule has 19 heavy (non-hydrogen) atoms. The molecule has 7 nitrogen and oxygen atoms in total. The minimum absolute atomic E-state index is 0.0211. The highest BCUT2D eigenvalue weighted by atomic mass is 32.2. The monoisotopic (exact) mass is 292 g/mol. The lowest BCUT2D eigenvalue weighted by Gasteiger charge is -2.23. The van der Waals surface area contributed by atoms with Gasteiger partial charge in [-0.05, 0) is 6.42 Å². The smallest absolute Gasteiger partial charge is 0.326 e. The van der Waals surface area contributed by atoms with Crippen molar-refractivity contribution in [3.05, 3.63) is 0 Å². The minimum Gasteiger partial charge on any atom is -0.480 e. The summed E-state index contributed by atoms with van der Waals surface area (Å²) < 4.78 is 22.8. The number of nitrogens with one attached hydrogen (secondary N) is 2. The molecule has 0 radical (unpaired) electrons. The molecule has 1 saturated heterocycles. The number of aliphatic carboxylic acids is 1. The fraction of sp³-hybridized carbons (Fsp3) is 0.818. The molecule has 1 unspecified atom stereocenters. The second-order valence-corrected chi connectivity index (χ2v) is 6.95. The van der Waals surface area contributed by atoms with E-state index >= 15 is 0 Å². The van der Waals surface area contributed by atoms with E-state index in [-0.39, 0.29) is 17.9 Å². The van der Waals surface area contributed by atoms with Crippen molar-refractivity contribution in [2.75, 3.05) is 18.1 Å². The van der Waals surface area contributed by atoms with E-state index in [1.54, 1.807) is 0 Å². The van der Waals surface area contributed by atoms with Crippen molar-refractivity contribution < 1.29 is 23.1 Å². The van der Waals surface area contributed by atoms with Crippen molar-refractivity contribution in [3.8, 4) is 0 Å². The topological polar surface area (TPSA) is 113 Å². The van der Waals surface area contributed by atoms with Crippen LogP contribution in [0.15, 0.2) is 0 Å². The van der Waals surface area contributed by atoms with Gasteiger partial charge in [-0.2, -0.15) is 0 Å². The van der Waals surface area contributed by atoms with Crippen molar-refractivity contribution in [1.29, 1.82) is 0 Å². The highest BCUT2D eigenvalue weighted by molar-refractivity contribution is 7.91. The molecule has 1 amide bonds. The zero-order valence-electron chi connectivity index (χ0n) is 10.9. The third kappa shape index (κ3) is 5.56. The van der Waals surface area contributed by atoms with Crippen LogP contribution in [-0.4, -0.2) is 55.5 Å². The molecule has 3 N–H and O–H groups in total. The predicted octanol–water partition coefficient (Wildman–Crippen LogP) is -0.867. The molecule has 0 aromatic carbocycles. The molecular weight excluding hydrogens is 272 g/mol. The van der Waals surface area contributed by atoms with Gasteiger partial charge in [0, 0.05) is 19.0 Å². The normalized spacial score (nSPS) is 23.5. The summed E-state index contributed by atoms with van der Waals surface area (Å²) in [5.41, 5.74) is 0. The number of sulfone groups is 1. The molecule has 1 aliphatic heterocycles. The first-order valence-electron chi connectivity index (χ1n) is 6.30. The average Bonchev–Trinajstić information content (AvgIpc) is 2.26. The number of hydrogen-bond donors (Lipinski definition) is 3. The Balaban J connectivity index is 2.48. The van der Waals surface area contributed by atoms with Crippen LogP contribution in [0.25, 0.3) is 0 Å². The Morgan fingerprint density at radius 3 is 2.68 bits per heavy atom. The van der Waals surface area contributed by atoms with E-state index < -0.39 is 33.8 Å². The van der Waals surface area contributed by atoms with Crippen LogP contribution in [0.2, 0.25) is 0 Å². The van der Waals surface area contributed by atoms with Crippen molar-refractivity contribution in [2.24, 2.45) is 0 Å². The van der Waals surface area contributed by atoms with E-state index in [0.717, 1.165) is 0 Å². The van der Waals surface area contributed by atoms with Gasteiger partial charge in [0.05, 0.1) is 11.5 Å². The molecular formula is C11H20N2O5S. The third-order valence-corrected chi connectivity index (χ3v) is 4.68. The van der Waals surface area contributed by atoms with E-state index in [4.69, 9.17) is 5.11 Å². The van der Waals surface area contributed by atoms with Crippen molar-refractivity contribution in [1.82, 2.24) is 10.6 Å². The maximum absolute atomic E-state index is 11.7. The van der Waals surface area contributed by atoms with Gasteiger partial charge in [0.25, 0.3) is 0 Å². The first kappa shape index (κ1) is 15.9. The van der Waals surface area contributed by atoms with Gasteiger partial charge in [0.2, 0.25) is 5.91 Å². The number of amides is 1. The standard InChI is InChI=1S/C11H20N2O5S/c1-2-3-9(11(15)16)13-10(14)6-8-7-19(17,18)5-4-12-8/h8-9,12H,2-7H2,1H3,(H,13,14)(H,15,16)/t8?,9-/m1/s1. The number of carboxylic acid groups (broad SMARTS) is 1. The van der Waals surface area contributed by atoms with E-state index in [0.29, 0.717) is 19.4 Å². The lowest BCUT2D eigenvalue weighted by atomic mass is 10.1. The van der Waals surface area contributed by atoms with E-state index in [1.165, 1.54) is 0 Å². The van der Waals surface area contributed by atoms with Crippen LogP contribution in [0, 0.1) is 0 Å². The lowest BCUT2D eigenvalue weighted by Crippen LogP contribution is -2.49. The molecule has 1 heterocycles. The fourth-order valence-corrected chi connectivity index (χ4v) is 3.47. The number of hydrogen-bond acceptors (Lipinski definition) is 5. The van der Waals surface area contributed by atoms with Gasteiger partial charge in [-0.15, -0.1) is 0 Å². The Bertz CT molecular complexity index is 434. The van der Waals surface area contributed by atoms with Crippen LogP contribution in [-0.2, 0) is 19.4 Å². The Hall–Kier alpha value is -1.15. The summed E-state index contributed by atoms with van der Waals surface area (Å²) in [6, 6.07) is -1.34. The predicted molar refractivity (Wildman–Crippen MR) is 69.5 cm³/mol. The van der Waals surface area contributed by atoms with Gasteiger partial charge in [0.1, 0.15) is 6.04 Å². The molecule has 1 rings (SSSR count). The maximum atomic E-state index is 11.7. The van der Waals surface area contributed by atoms with Crippen LogP contribution in [0.5, 0.6) is 0 Å². The number of rotatable bonds is 6. The highest BCUT2D eigenvalue weighted by Crippen LogP contribution is 2.06. The molecule has 2 atom stereocenters. The van der Waals surface area contributed by atoms with Gasteiger partial charge >= 0.3 is 5.97 Å². The molecule has 8 heteroatoms. The quantitative estimate of drug-likeness (QED) is 0.587. The van der Waals surface area contributed by atoms with Crippen molar-refractivity contribution in [2.45, 2.75) is 38.3 Å². The molecule has 0 aromatic rings. The first-order valence-corrected chi connectivity index (χ1v) is 8.12. The molecule has 0 spiro atoms. The van der Waals surface area contributed by atoms with Gasteiger partial charge in [-0.1, -0.05) is 13.3 Å². The summed E-state index contributed by atoms with van der Waals surface area (Å²) in [6.45, 7) is 2.16. The SMILES string of the molecule is CCC[C@@H](NC(=O)CC1CS(=O)(=O)CCN1)C(=O)O. The molecule has 110 valence electrons. The van der Waals surface area contributed by atoms with Crippen molar-refractivity contribution >= 4 is 21.7 Å². The second kappa shape index (κ2) is 6.85. The fourth-order valence-electron chi connectivity index (χ4n) is 2.02. The van der Waals surface area contributed by atoms with E-state index in [2.05, 4.69) is 10.6 Å². The molecule has 1 fully saturated rings. The zero-order chi connectivity index (χ0) is 14.5. The summed E-state index contributed by atoms with van der Waals surface area (Å²) in [7, 11) is -3.09. The van der Waals surface area contributed by atoms with Crippen LogP contribution in [0.1, 0.15) is 26.2 Å². The Morgan fingerprint density at radius 2 is 2.16 bits per heavy atom. The summed E-state index contributed by atoms with van der Waals surface area (Å²) in [5.74, 6) is -1.50. The zero-order valence-corrected chi connectivity index (χ0v) is 11.7. The average molecular weight is 292 g/mol. The van der Waals surface area contributed by atoms with Crippen LogP contribution >= 0.6 is 0 Å². The summed E-state index contributed by atoms with van der Waals surface area (Å²) >= 11 is 0. The van der Waals surface area contributed by atoms with E-state index in [9.17, 15) is 18.0 Å². The Morgan fingerprint density at radius 1 is 1.47 bits per heavy atom. The number of carbonyl (C=O) groups is 2. The number of carboxylic acids is 1. The highest BCUT2D eigenvalue weighted by Gasteiger charge is 2.27. The molecule has 0 bridgehead atoms. The lowest BCUT2D eigenvalue weighted by molar-refractivity contribution is -0.142. The molecule has 1 aliphatic rings. The molecule has 0 saturated carbocycles. The van der Waals surface area contributed by atoms with Crippen LogP contribution in [0.3, 0.4) is 0 Å². The van der Waals surface area contributed by atoms with Gasteiger partial charge in [-0.25, -0.2) is 13.2 Å². The van der Waals surface area contributed by atoms with Gasteiger partial charge in [0.15, 0.2) is 9.84 Å². The summed E-state index contributed by atoms with van der Waals surface area (Å²) in [4.78, 5) is 22.6. The molecule has 0 aromatic heterocycles.